The number of fused-ring (bicyclic) bond motifs is 1. The minimum Gasteiger partial charge on any atom is -0.470 e. The van der Waals surface area contributed by atoms with Gasteiger partial charge in [-0.2, -0.15) is 0 Å². The van der Waals surface area contributed by atoms with Crippen LogP contribution in [0.25, 0.3) is 11.3 Å². The van der Waals surface area contributed by atoms with Gasteiger partial charge in [-0.15, -0.1) is 0 Å². The number of nitrogens with two attached hydrogens (primary N) is 2. The molecule has 0 radical (unpaired) electrons. The average Bonchev–Trinajstić information content (AvgIpc) is 2.93. The van der Waals surface area contributed by atoms with Crippen molar-refractivity contribution in [1.82, 2.24) is 9.97 Å². The minimum absolute atomic E-state index is 0.114. The lowest BCUT2D eigenvalue weighted by Crippen LogP contribution is -2.52. The highest BCUT2D eigenvalue weighted by molar-refractivity contribution is 5.71. The maximum atomic E-state index is 13.2. The summed E-state index contributed by atoms with van der Waals surface area (Å²) in [5.41, 5.74) is 14.8. The highest BCUT2D eigenvalue weighted by Crippen LogP contribution is 2.46. The molecule has 1 aromatic carbocycles. The van der Waals surface area contributed by atoms with Crippen LogP contribution < -0.4 is 16.2 Å². The Morgan fingerprint density at radius 1 is 1.11 bits per heavy atom. The number of hydrogen-bond donors (Lipinski definition) is 2. The highest BCUT2D eigenvalue weighted by atomic mass is 19.3. The number of halogens is 2. The summed E-state index contributed by atoms with van der Waals surface area (Å²) in [4.78, 5) is 8.60. The van der Waals surface area contributed by atoms with Crippen LogP contribution in [0.1, 0.15) is 28.8 Å². The molecule has 27 heavy (non-hydrogen) atoms. The van der Waals surface area contributed by atoms with Crippen molar-refractivity contribution in [3.8, 4) is 17.0 Å². The van der Waals surface area contributed by atoms with Crippen LogP contribution in [0, 0.1) is 6.92 Å². The number of ether oxygens (including phenoxy) is 1. The third-order valence-electron chi connectivity index (χ3n) is 4.83. The van der Waals surface area contributed by atoms with Crippen LogP contribution in [0.3, 0.4) is 0 Å². The Kier molecular flexibility index (Phi) is 4.13. The second-order valence-electron chi connectivity index (χ2n) is 6.56. The number of aromatic nitrogens is 2. The summed E-state index contributed by atoms with van der Waals surface area (Å²) in [6.07, 6.45) is -0.238. The summed E-state index contributed by atoms with van der Waals surface area (Å²) in [5, 5.41) is 0. The average molecular weight is 368 g/mol. The molecule has 7 heteroatoms. The fourth-order valence-electron chi connectivity index (χ4n) is 3.42. The number of pyridine rings is 2. The molecular formula is C20H18F2N4O. The molecule has 2 atom stereocenters. The number of rotatable bonds is 3. The molecule has 2 aromatic heterocycles. The summed E-state index contributed by atoms with van der Waals surface area (Å²) in [6, 6.07) is 11.4. The zero-order valence-corrected chi connectivity index (χ0v) is 14.6. The van der Waals surface area contributed by atoms with Crippen LogP contribution in [0.5, 0.6) is 5.75 Å². The van der Waals surface area contributed by atoms with Gasteiger partial charge in [-0.1, -0.05) is 18.2 Å². The summed E-state index contributed by atoms with van der Waals surface area (Å²) < 4.78 is 32.2. The molecule has 138 valence electrons. The van der Waals surface area contributed by atoms with Gasteiger partial charge in [0.2, 0.25) is 0 Å². The maximum absolute atomic E-state index is 13.2. The second-order valence-corrected chi connectivity index (χ2v) is 6.56. The molecule has 4 rings (SSSR count). The van der Waals surface area contributed by atoms with Crippen molar-refractivity contribution in [2.75, 3.05) is 0 Å². The molecule has 2 unspecified atom stereocenters. The van der Waals surface area contributed by atoms with E-state index in [1.54, 1.807) is 30.6 Å². The standard InChI is InChI=1S/C20H18F2N4O/c1-11-9-12(5-7-25-11)16-17-15(6-8-26-16)20(24,19(23)27-17)14-4-2-3-13(10-14)18(21)22/h2-10,18-19H,23-24H2,1H3. The monoisotopic (exact) mass is 368 g/mol. The zero-order chi connectivity index (χ0) is 19.2. The molecule has 0 spiro atoms. The largest absolute Gasteiger partial charge is 0.470 e. The number of alkyl halides is 2. The fourth-order valence-corrected chi connectivity index (χ4v) is 3.42. The van der Waals surface area contributed by atoms with Gasteiger partial charge in [-0.25, -0.2) is 8.78 Å². The van der Waals surface area contributed by atoms with E-state index in [4.69, 9.17) is 16.2 Å². The second kappa shape index (κ2) is 6.37. The Morgan fingerprint density at radius 3 is 2.63 bits per heavy atom. The zero-order valence-electron chi connectivity index (χ0n) is 14.6. The van der Waals surface area contributed by atoms with E-state index in [2.05, 4.69) is 9.97 Å². The molecule has 0 bridgehead atoms. The van der Waals surface area contributed by atoms with Crippen LogP contribution in [0.2, 0.25) is 0 Å². The molecule has 0 fully saturated rings. The summed E-state index contributed by atoms with van der Waals surface area (Å²) in [6.45, 7) is 1.88. The Morgan fingerprint density at radius 2 is 1.89 bits per heavy atom. The van der Waals surface area contributed by atoms with E-state index in [1.165, 1.54) is 12.1 Å². The minimum atomic E-state index is -2.60. The molecule has 0 amide bonds. The first kappa shape index (κ1) is 17.5. The Balaban J connectivity index is 1.88. The van der Waals surface area contributed by atoms with Gasteiger partial charge in [0.15, 0.2) is 12.0 Å². The summed E-state index contributed by atoms with van der Waals surface area (Å²) in [7, 11) is 0. The molecular weight excluding hydrogens is 350 g/mol. The SMILES string of the molecule is Cc1cc(-c2nccc3c2OC(N)C3(N)c2cccc(C(F)F)c2)ccn1. The van der Waals surface area contributed by atoms with Crippen molar-refractivity contribution in [3.05, 3.63) is 77.2 Å². The normalized spacial score (nSPS) is 21.2. The van der Waals surface area contributed by atoms with E-state index in [9.17, 15) is 8.78 Å². The third kappa shape index (κ3) is 2.75. The first-order valence-electron chi connectivity index (χ1n) is 8.43. The topological polar surface area (TPSA) is 87.0 Å². The predicted octanol–water partition coefficient (Wildman–Crippen LogP) is 3.27. The molecule has 5 nitrogen and oxygen atoms in total. The lowest BCUT2D eigenvalue weighted by atomic mass is 9.83. The van der Waals surface area contributed by atoms with Gasteiger partial charge in [0.25, 0.3) is 6.43 Å². The summed E-state index contributed by atoms with van der Waals surface area (Å²) >= 11 is 0. The predicted molar refractivity (Wildman–Crippen MR) is 97.2 cm³/mol. The quantitative estimate of drug-likeness (QED) is 0.741. The van der Waals surface area contributed by atoms with Crippen molar-refractivity contribution in [1.29, 1.82) is 0 Å². The Bertz CT molecular complexity index is 1010. The Hall–Kier alpha value is -2.90. The van der Waals surface area contributed by atoms with E-state index in [-0.39, 0.29) is 5.56 Å². The summed E-state index contributed by atoms with van der Waals surface area (Å²) in [5.74, 6) is 0.459. The first-order valence-corrected chi connectivity index (χ1v) is 8.43. The smallest absolute Gasteiger partial charge is 0.263 e. The van der Waals surface area contributed by atoms with Crippen molar-refractivity contribution < 1.29 is 13.5 Å². The van der Waals surface area contributed by atoms with Crippen LogP contribution in [0.15, 0.2) is 54.9 Å². The number of benzene rings is 1. The third-order valence-corrected chi connectivity index (χ3v) is 4.83. The molecule has 1 aliphatic heterocycles. The van der Waals surface area contributed by atoms with Crippen molar-refractivity contribution >= 4 is 0 Å². The van der Waals surface area contributed by atoms with Crippen molar-refractivity contribution in [2.45, 2.75) is 25.1 Å². The molecule has 4 N–H and O–H groups in total. The van der Waals surface area contributed by atoms with Crippen LogP contribution >= 0.6 is 0 Å². The van der Waals surface area contributed by atoms with Gasteiger partial charge in [0.1, 0.15) is 11.2 Å². The van der Waals surface area contributed by atoms with Gasteiger partial charge < -0.3 is 10.5 Å². The molecule has 0 saturated heterocycles. The Labute approximate surface area is 155 Å². The molecule has 0 saturated carbocycles. The van der Waals surface area contributed by atoms with E-state index in [1.807, 2.05) is 19.1 Å². The van der Waals surface area contributed by atoms with Gasteiger partial charge in [0.05, 0.1) is 0 Å². The lowest BCUT2D eigenvalue weighted by Gasteiger charge is -2.28. The maximum Gasteiger partial charge on any atom is 0.263 e. The van der Waals surface area contributed by atoms with Crippen LogP contribution in [-0.4, -0.2) is 16.2 Å². The van der Waals surface area contributed by atoms with E-state index in [0.717, 1.165) is 11.3 Å². The van der Waals surface area contributed by atoms with E-state index >= 15 is 0 Å². The van der Waals surface area contributed by atoms with Crippen LogP contribution in [0.4, 0.5) is 8.78 Å². The van der Waals surface area contributed by atoms with Gasteiger partial charge >= 0.3 is 0 Å². The van der Waals surface area contributed by atoms with Gasteiger partial charge in [-0.3, -0.25) is 15.7 Å². The molecule has 3 heterocycles. The molecule has 1 aliphatic rings. The van der Waals surface area contributed by atoms with Gasteiger partial charge in [0, 0.05) is 34.8 Å². The van der Waals surface area contributed by atoms with Crippen LogP contribution in [-0.2, 0) is 5.54 Å². The number of aryl methyl sites for hydroxylation is 1. The number of nitrogens with zero attached hydrogens (tertiary/aromatic N) is 2. The van der Waals surface area contributed by atoms with Gasteiger partial charge in [-0.05, 0) is 36.8 Å². The molecule has 0 aliphatic carbocycles. The number of hydrogen-bond acceptors (Lipinski definition) is 5. The fraction of sp³-hybridized carbons (Fsp3) is 0.200. The first-order chi connectivity index (χ1) is 12.9. The van der Waals surface area contributed by atoms with E-state index < -0.39 is 18.2 Å². The van der Waals surface area contributed by atoms with E-state index in [0.29, 0.717) is 22.6 Å². The highest BCUT2D eigenvalue weighted by Gasteiger charge is 2.47. The van der Waals surface area contributed by atoms with Crippen molar-refractivity contribution in [3.63, 3.8) is 0 Å². The molecule has 3 aromatic rings. The van der Waals surface area contributed by atoms with Crippen molar-refractivity contribution in [2.24, 2.45) is 11.5 Å². The lowest BCUT2D eigenvalue weighted by molar-refractivity contribution is 0.150.